The molecule has 4 rings (SSSR count). The summed E-state index contributed by atoms with van der Waals surface area (Å²) in [5, 5.41) is 0.532. The fourth-order valence-electron chi connectivity index (χ4n) is 2.75. The summed E-state index contributed by atoms with van der Waals surface area (Å²) in [5.41, 5.74) is 2.41. The number of aliphatic imine (C=N–C) groups is 1. The van der Waals surface area contributed by atoms with Crippen LogP contribution in [0, 0.1) is 5.82 Å². The van der Waals surface area contributed by atoms with Crippen LogP contribution in [0.3, 0.4) is 0 Å². The minimum atomic E-state index is -0.530. The molecule has 0 radical (unpaired) electrons. The molecule has 0 amide bonds. The highest BCUT2D eigenvalue weighted by Crippen LogP contribution is 2.23. The van der Waals surface area contributed by atoms with E-state index in [-0.39, 0.29) is 17.4 Å². The molecule has 0 saturated heterocycles. The predicted molar refractivity (Wildman–Crippen MR) is 109 cm³/mol. The van der Waals surface area contributed by atoms with Crippen molar-refractivity contribution in [2.45, 2.75) is 6.61 Å². The number of hydrogen-bond acceptors (Lipinski definition) is 4. The summed E-state index contributed by atoms with van der Waals surface area (Å²) in [7, 11) is 0. The zero-order chi connectivity index (χ0) is 20.2. The molecule has 6 heteroatoms. The largest absolute Gasteiger partial charge is 0.489 e. The van der Waals surface area contributed by atoms with Gasteiger partial charge in [0.05, 0.1) is 0 Å². The van der Waals surface area contributed by atoms with E-state index in [9.17, 15) is 9.18 Å². The van der Waals surface area contributed by atoms with Gasteiger partial charge in [-0.2, -0.15) is 0 Å². The number of nitrogens with zero attached hydrogens (tertiary/aromatic N) is 1. The van der Waals surface area contributed by atoms with E-state index in [1.807, 2.05) is 12.1 Å². The first-order valence-corrected chi connectivity index (χ1v) is 9.20. The van der Waals surface area contributed by atoms with Gasteiger partial charge < -0.3 is 9.47 Å². The zero-order valence-corrected chi connectivity index (χ0v) is 15.9. The van der Waals surface area contributed by atoms with E-state index in [2.05, 4.69) is 4.99 Å². The maximum Gasteiger partial charge on any atom is 0.363 e. The highest BCUT2D eigenvalue weighted by molar-refractivity contribution is 6.31. The van der Waals surface area contributed by atoms with Gasteiger partial charge in [0.15, 0.2) is 5.70 Å². The Hall–Kier alpha value is -3.44. The summed E-state index contributed by atoms with van der Waals surface area (Å²) in [6.45, 7) is 0.305. The Morgan fingerprint density at radius 2 is 1.83 bits per heavy atom. The number of rotatable bonds is 5. The van der Waals surface area contributed by atoms with E-state index in [1.54, 1.807) is 54.6 Å². The van der Waals surface area contributed by atoms with Crippen molar-refractivity contribution in [1.82, 2.24) is 0 Å². The lowest BCUT2D eigenvalue weighted by atomic mass is 10.2. The Bertz CT molecular complexity index is 1120. The van der Waals surface area contributed by atoms with E-state index >= 15 is 0 Å². The van der Waals surface area contributed by atoms with Crippen LogP contribution in [-0.4, -0.2) is 11.9 Å². The van der Waals surface area contributed by atoms with Crippen molar-refractivity contribution >= 4 is 29.5 Å². The van der Waals surface area contributed by atoms with E-state index < -0.39 is 5.97 Å². The van der Waals surface area contributed by atoms with Gasteiger partial charge in [-0.1, -0.05) is 41.9 Å². The molecule has 0 N–H and O–H groups in total. The second-order valence-corrected chi connectivity index (χ2v) is 6.77. The SMILES string of the molecule is O=C1OC(c2cccc(Cl)c2)=N/C1=C/c1cccc(OCc2ccc(F)cc2)c1. The van der Waals surface area contributed by atoms with Crippen LogP contribution in [0.1, 0.15) is 16.7 Å². The average molecular weight is 408 g/mol. The molecule has 3 aromatic rings. The predicted octanol–water partition coefficient (Wildman–Crippen LogP) is 5.40. The summed E-state index contributed by atoms with van der Waals surface area (Å²) in [4.78, 5) is 16.4. The molecule has 3 aromatic carbocycles. The number of carbonyl (C=O) groups is 1. The molecule has 1 aliphatic rings. The van der Waals surface area contributed by atoms with Crippen molar-refractivity contribution in [3.05, 3.63) is 106 Å². The monoisotopic (exact) mass is 407 g/mol. The third kappa shape index (κ3) is 4.70. The van der Waals surface area contributed by atoms with Crippen LogP contribution < -0.4 is 4.74 Å². The van der Waals surface area contributed by atoms with Gasteiger partial charge in [-0.3, -0.25) is 0 Å². The van der Waals surface area contributed by atoms with Crippen LogP contribution in [0.4, 0.5) is 4.39 Å². The fourth-order valence-corrected chi connectivity index (χ4v) is 2.94. The van der Waals surface area contributed by atoms with Crippen LogP contribution in [-0.2, 0) is 16.1 Å². The lowest BCUT2D eigenvalue weighted by Gasteiger charge is -2.07. The van der Waals surface area contributed by atoms with Crippen molar-refractivity contribution in [3.8, 4) is 5.75 Å². The second kappa shape index (κ2) is 8.29. The molecule has 0 fully saturated rings. The van der Waals surface area contributed by atoms with Crippen molar-refractivity contribution in [1.29, 1.82) is 0 Å². The second-order valence-electron chi connectivity index (χ2n) is 6.33. The Balaban J connectivity index is 1.51. The first-order chi connectivity index (χ1) is 14.1. The molecule has 4 nitrogen and oxygen atoms in total. The van der Waals surface area contributed by atoms with Gasteiger partial charge in [-0.05, 0) is 59.7 Å². The van der Waals surface area contributed by atoms with Crippen molar-refractivity contribution in [3.63, 3.8) is 0 Å². The zero-order valence-electron chi connectivity index (χ0n) is 15.1. The van der Waals surface area contributed by atoms with Crippen molar-refractivity contribution < 1.29 is 18.7 Å². The molecule has 0 saturated carbocycles. The number of halogens is 2. The van der Waals surface area contributed by atoms with Gasteiger partial charge >= 0.3 is 5.97 Å². The highest BCUT2D eigenvalue weighted by atomic mass is 35.5. The number of benzene rings is 3. The Labute approximate surface area is 171 Å². The van der Waals surface area contributed by atoms with Gasteiger partial charge in [0.2, 0.25) is 5.90 Å². The third-order valence-electron chi connectivity index (χ3n) is 4.17. The molecular formula is C23H15ClFNO3. The molecule has 0 bridgehead atoms. The molecule has 0 atom stereocenters. The van der Waals surface area contributed by atoms with Crippen LogP contribution in [0.15, 0.2) is 83.5 Å². The maximum absolute atomic E-state index is 13.0. The lowest BCUT2D eigenvalue weighted by Crippen LogP contribution is -2.05. The fraction of sp³-hybridized carbons (Fsp3) is 0.0435. The quantitative estimate of drug-likeness (QED) is 0.420. The topological polar surface area (TPSA) is 47.9 Å². The van der Waals surface area contributed by atoms with Gasteiger partial charge in [-0.25, -0.2) is 14.2 Å². The molecule has 29 heavy (non-hydrogen) atoms. The minimum Gasteiger partial charge on any atom is -0.489 e. The first-order valence-electron chi connectivity index (χ1n) is 8.83. The van der Waals surface area contributed by atoms with Gasteiger partial charge in [0, 0.05) is 10.6 Å². The molecule has 0 aromatic heterocycles. The Morgan fingerprint density at radius 3 is 2.62 bits per heavy atom. The van der Waals surface area contributed by atoms with Crippen molar-refractivity contribution in [2.75, 3.05) is 0 Å². The lowest BCUT2D eigenvalue weighted by molar-refractivity contribution is -0.129. The van der Waals surface area contributed by atoms with Gasteiger partial charge in [0.1, 0.15) is 18.2 Å². The van der Waals surface area contributed by atoms with E-state index in [0.29, 0.717) is 22.9 Å². The first kappa shape index (κ1) is 18.9. The number of carbonyl (C=O) groups excluding carboxylic acids is 1. The molecule has 0 aliphatic carbocycles. The molecule has 144 valence electrons. The number of hydrogen-bond donors (Lipinski definition) is 0. The highest BCUT2D eigenvalue weighted by Gasteiger charge is 2.24. The van der Waals surface area contributed by atoms with Crippen LogP contribution >= 0.6 is 11.6 Å². The van der Waals surface area contributed by atoms with Crippen molar-refractivity contribution in [2.24, 2.45) is 4.99 Å². The van der Waals surface area contributed by atoms with Crippen LogP contribution in [0.5, 0.6) is 5.75 Å². The summed E-state index contributed by atoms with van der Waals surface area (Å²) in [6.07, 6.45) is 1.63. The van der Waals surface area contributed by atoms with E-state index in [1.165, 1.54) is 12.1 Å². The van der Waals surface area contributed by atoms with E-state index in [4.69, 9.17) is 21.1 Å². The summed E-state index contributed by atoms with van der Waals surface area (Å²) < 4.78 is 24.0. The number of cyclic esters (lactones) is 1. The molecule has 1 heterocycles. The van der Waals surface area contributed by atoms with Crippen LogP contribution in [0.2, 0.25) is 5.02 Å². The minimum absolute atomic E-state index is 0.190. The third-order valence-corrected chi connectivity index (χ3v) is 4.41. The molecule has 0 unspecified atom stereocenters. The van der Waals surface area contributed by atoms with Gasteiger partial charge in [-0.15, -0.1) is 0 Å². The molecular weight excluding hydrogens is 393 g/mol. The summed E-state index contributed by atoms with van der Waals surface area (Å²) in [5.74, 6) is 0.0164. The summed E-state index contributed by atoms with van der Waals surface area (Å²) >= 11 is 5.98. The smallest absolute Gasteiger partial charge is 0.363 e. The molecule has 1 aliphatic heterocycles. The molecule has 0 spiro atoms. The van der Waals surface area contributed by atoms with E-state index in [0.717, 1.165) is 11.1 Å². The number of ether oxygens (including phenoxy) is 2. The maximum atomic E-state index is 13.0. The standard InChI is InChI=1S/C23H15ClFNO3/c24-18-5-2-4-17(13-18)22-26-21(23(27)29-22)12-16-3-1-6-20(11-16)28-14-15-7-9-19(25)10-8-15/h1-13H,14H2/b21-12+. The average Bonchev–Trinajstić information content (AvgIpc) is 3.08. The number of esters is 1. The Kier molecular flexibility index (Phi) is 5.40. The van der Waals surface area contributed by atoms with Gasteiger partial charge in [0.25, 0.3) is 0 Å². The summed E-state index contributed by atoms with van der Waals surface area (Å²) in [6, 6.07) is 20.3. The van der Waals surface area contributed by atoms with Crippen LogP contribution in [0.25, 0.3) is 6.08 Å². The Morgan fingerprint density at radius 1 is 1.03 bits per heavy atom. The normalized spacial score (nSPS) is 14.6.